The lowest BCUT2D eigenvalue weighted by molar-refractivity contribution is 0.0664. The minimum absolute atomic E-state index is 0.0233. The van der Waals surface area contributed by atoms with Gasteiger partial charge in [0.05, 0.1) is 11.6 Å². The first-order valence-electron chi connectivity index (χ1n) is 5.68. The van der Waals surface area contributed by atoms with E-state index < -0.39 is 0 Å². The van der Waals surface area contributed by atoms with E-state index in [0.717, 1.165) is 26.2 Å². The molecule has 1 aromatic carbocycles. The lowest BCUT2D eigenvalue weighted by Crippen LogP contribution is -2.47. The molecule has 4 nitrogen and oxygen atoms in total. The van der Waals surface area contributed by atoms with Gasteiger partial charge >= 0.3 is 0 Å². The molecule has 1 aliphatic rings. The van der Waals surface area contributed by atoms with Crippen molar-refractivity contribution in [1.82, 2.24) is 9.80 Å². The fourth-order valence-corrected chi connectivity index (χ4v) is 1.91. The lowest BCUT2D eigenvalue weighted by Gasteiger charge is -2.32. The van der Waals surface area contributed by atoms with Gasteiger partial charge in [0.25, 0.3) is 5.91 Å². The van der Waals surface area contributed by atoms with Crippen LogP contribution >= 0.6 is 0 Å². The average molecular weight is 229 g/mol. The van der Waals surface area contributed by atoms with Crippen LogP contribution < -0.4 is 0 Å². The van der Waals surface area contributed by atoms with Crippen molar-refractivity contribution in [3.8, 4) is 6.07 Å². The molecule has 0 aliphatic carbocycles. The Morgan fingerprint density at radius 2 is 2.00 bits per heavy atom. The molecule has 0 saturated carbocycles. The zero-order valence-electron chi connectivity index (χ0n) is 9.89. The van der Waals surface area contributed by atoms with Crippen molar-refractivity contribution in [2.24, 2.45) is 0 Å². The number of hydrogen-bond acceptors (Lipinski definition) is 3. The highest BCUT2D eigenvalue weighted by Crippen LogP contribution is 2.10. The summed E-state index contributed by atoms with van der Waals surface area (Å²) in [6.07, 6.45) is 0. The van der Waals surface area contributed by atoms with E-state index in [0.29, 0.717) is 11.1 Å². The van der Waals surface area contributed by atoms with Gasteiger partial charge in [-0.1, -0.05) is 6.07 Å². The first-order chi connectivity index (χ1) is 8.20. The number of hydrogen-bond donors (Lipinski definition) is 0. The SMILES string of the molecule is CN1CCN(C(=O)c2cccc(C#N)c2)CC1. The number of piperazine rings is 1. The van der Waals surface area contributed by atoms with Gasteiger partial charge in [0.1, 0.15) is 0 Å². The van der Waals surface area contributed by atoms with Crippen LogP contribution in [0.2, 0.25) is 0 Å². The Labute approximate surface area is 101 Å². The number of likely N-dealkylation sites (N-methyl/N-ethyl adjacent to an activating group) is 1. The van der Waals surface area contributed by atoms with Crippen LogP contribution in [0.3, 0.4) is 0 Å². The Hall–Kier alpha value is -1.86. The standard InChI is InChI=1S/C13H15N3O/c1-15-5-7-16(8-6-15)13(17)12-4-2-3-11(9-12)10-14/h2-4,9H,5-8H2,1H3. The molecule has 88 valence electrons. The molecule has 0 bridgehead atoms. The van der Waals surface area contributed by atoms with Crippen LogP contribution in [0, 0.1) is 11.3 Å². The van der Waals surface area contributed by atoms with E-state index >= 15 is 0 Å². The normalized spacial score (nSPS) is 16.6. The molecule has 1 fully saturated rings. The van der Waals surface area contributed by atoms with Gasteiger partial charge in [-0.2, -0.15) is 5.26 Å². The van der Waals surface area contributed by atoms with E-state index in [9.17, 15) is 4.79 Å². The summed E-state index contributed by atoms with van der Waals surface area (Å²) in [6, 6.07) is 8.93. The molecule has 0 spiro atoms. The van der Waals surface area contributed by atoms with Crippen LogP contribution in [-0.2, 0) is 0 Å². The molecular weight excluding hydrogens is 214 g/mol. The molecule has 0 N–H and O–H groups in total. The molecule has 1 heterocycles. The first-order valence-corrected chi connectivity index (χ1v) is 5.68. The zero-order valence-corrected chi connectivity index (χ0v) is 9.89. The number of carbonyl (C=O) groups is 1. The summed E-state index contributed by atoms with van der Waals surface area (Å²) in [4.78, 5) is 16.2. The van der Waals surface area contributed by atoms with Crippen LogP contribution in [-0.4, -0.2) is 48.9 Å². The van der Waals surface area contributed by atoms with E-state index in [2.05, 4.69) is 18.0 Å². The summed E-state index contributed by atoms with van der Waals surface area (Å²) in [7, 11) is 2.05. The Morgan fingerprint density at radius 1 is 1.29 bits per heavy atom. The Bertz CT molecular complexity index is 456. The van der Waals surface area contributed by atoms with Gasteiger partial charge in [-0.15, -0.1) is 0 Å². The average Bonchev–Trinajstić information content (AvgIpc) is 2.39. The van der Waals surface area contributed by atoms with Gasteiger partial charge in [-0.25, -0.2) is 0 Å². The summed E-state index contributed by atoms with van der Waals surface area (Å²) in [5.41, 5.74) is 1.14. The third-order valence-corrected chi connectivity index (χ3v) is 3.03. The smallest absolute Gasteiger partial charge is 0.253 e. The third kappa shape index (κ3) is 2.63. The zero-order chi connectivity index (χ0) is 12.3. The minimum atomic E-state index is 0.0233. The molecule has 17 heavy (non-hydrogen) atoms. The summed E-state index contributed by atoms with van der Waals surface area (Å²) in [6.45, 7) is 3.32. The molecule has 1 amide bonds. The molecule has 2 rings (SSSR count). The van der Waals surface area contributed by atoms with Crippen LogP contribution in [0.5, 0.6) is 0 Å². The number of nitrogens with zero attached hydrogens (tertiary/aromatic N) is 3. The molecule has 0 radical (unpaired) electrons. The highest BCUT2D eigenvalue weighted by molar-refractivity contribution is 5.94. The number of amides is 1. The summed E-state index contributed by atoms with van der Waals surface area (Å²) < 4.78 is 0. The van der Waals surface area contributed by atoms with E-state index in [-0.39, 0.29) is 5.91 Å². The molecule has 4 heteroatoms. The maximum absolute atomic E-state index is 12.2. The molecule has 0 unspecified atom stereocenters. The number of rotatable bonds is 1. The predicted molar refractivity (Wildman–Crippen MR) is 64.6 cm³/mol. The van der Waals surface area contributed by atoms with Gasteiger partial charge in [0.15, 0.2) is 0 Å². The van der Waals surface area contributed by atoms with E-state index in [1.54, 1.807) is 24.3 Å². The number of carbonyl (C=O) groups excluding carboxylic acids is 1. The fraction of sp³-hybridized carbons (Fsp3) is 0.385. The number of benzene rings is 1. The monoisotopic (exact) mass is 229 g/mol. The highest BCUT2D eigenvalue weighted by Gasteiger charge is 2.20. The quantitative estimate of drug-likeness (QED) is 0.720. The van der Waals surface area contributed by atoms with Gasteiger partial charge in [-0.05, 0) is 25.2 Å². The van der Waals surface area contributed by atoms with E-state index in [1.807, 2.05) is 4.90 Å². The third-order valence-electron chi connectivity index (χ3n) is 3.03. The summed E-state index contributed by atoms with van der Waals surface area (Å²) >= 11 is 0. The number of nitriles is 1. The van der Waals surface area contributed by atoms with Crippen LogP contribution in [0.25, 0.3) is 0 Å². The van der Waals surface area contributed by atoms with E-state index in [4.69, 9.17) is 5.26 Å². The summed E-state index contributed by atoms with van der Waals surface area (Å²) in [5.74, 6) is 0.0233. The largest absolute Gasteiger partial charge is 0.336 e. The van der Waals surface area contributed by atoms with Crippen LogP contribution in [0.1, 0.15) is 15.9 Å². The van der Waals surface area contributed by atoms with Gasteiger partial charge in [0.2, 0.25) is 0 Å². The van der Waals surface area contributed by atoms with Gasteiger partial charge in [0, 0.05) is 31.7 Å². The van der Waals surface area contributed by atoms with Crippen molar-refractivity contribution < 1.29 is 4.79 Å². The molecule has 0 atom stereocenters. The Morgan fingerprint density at radius 3 is 2.65 bits per heavy atom. The van der Waals surface area contributed by atoms with Crippen LogP contribution in [0.15, 0.2) is 24.3 Å². The predicted octanol–water partition coefficient (Wildman–Crippen LogP) is 0.946. The molecular formula is C13H15N3O. The van der Waals surface area contributed by atoms with Crippen molar-refractivity contribution in [3.63, 3.8) is 0 Å². The maximum atomic E-state index is 12.2. The highest BCUT2D eigenvalue weighted by atomic mass is 16.2. The van der Waals surface area contributed by atoms with E-state index in [1.165, 1.54) is 0 Å². The second kappa shape index (κ2) is 4.98. The van der Waals surface area contributed by atoms with Crippen molar-refractivity contribution in [2.75, 3.05) is 33.2 Å². The van der Waals surface area contributed by atoms with Crippen molar-refractivity contribution >= 4 is 5.91 Å². The Kier molecular flexibility index (Phi) is 3.40. The second-order valence-electron chi connectivity index (χ2n) is 4.29. The molecule has 1 aliphatic heterocycles. The topological polar surface area (TPSA) is 47.3 Å². The van der Waals surface area contributed by atoms with Gasteiger partial charge < -0.3 is 9.80 Å². The van der Waals surface area contributed by atoms with Gasteiger partial charge in [-0.3, -0.25) is 4.79 Å². The minimum Gasteiger partial charge on any atom is -0.336 e. The Balaban J connectivity index is 2.11. The fourth-order valence-electron chi connectivity index (χ4n) is 1.91. The lowest BCUT2D eigenvalue weighted by atomic mass is 10.1. The summed E-state index contributed by atoms with van der Waals surface area (Å²) in [5, 5.41) is 8.81. The maximum Gasteiger partial charge on any atom is 0.253 e. The second-order valence-corrected chi connectivity index (χ2v) is 4.29. The van der Waals surface area contributed by atoms with Crippen molar-refractivity contribution in [2.45, 2.75) is 0 Å². The first kappa shape index (κ1) is 11.6. The molecule has 1 aromatic rings. The van der Waals surface area contributed by atoms with Crippen LogP contribution in [0.4, 0.5) is 0 Å². The van der Waals surface area contributed by atoms with Crippen molar-refractivity contribution in [3.05, 3.63) is 35.4 Å². The molecule has 1 saturated heterocycles. The molecule has 0 aromatic heterocycles. The van der Waals surface area contributed by atoms with Crippen molar-refractivity contribution in [1.29, 1.82) is 5.26 Å².